The van der Waals surface area contributed by atoms with Gasteiger partial charge in [-0.25, -0.2) is 0 Å². The molecule has 0 unspecified atom stereocenters. The fourth-order valence-electron chi connectivity index (χ4n) is 1.53. The zero-order valence-corrected chi connectivity index (χ0v) is 22.5. The summed E-state index contributed by atoms with van der Waals surface area (Å²) in [7, 11) is -3.85. The van der Waals surface area contributed by atoms with Crippen LogP contribution in [0.15, 0.2) is 16.6 Å². The van der Waals surface area contributed by atoms with Crippen LogP contribution in [0.2, 0.25) is 36.3 Å². The molecule has 0 saturated carbocycles. The predicted molar refractivity (Wildman–Crippen MR) is 123 cm³/mol. The molecule has 0 amide bonds. The van der Waals surface area contributed by atoms with Gasteiger partial charge in [0.2, 0.25) is 0 Å². The third kappa shape index (κ3) is 5.23. The predicted octanol–water partition coefficient (Wildman–Crippen LogP) is 7.82. The van der Waals surface area contributed by atoms with Crippen LogP contribution in [0.3, 0.4) is 0 Å². The van der Waals surface area contributed by atoms with Gasteiger partial charge in [0.1, 0.15) is 11.5 Å². The lowest BCUT2D eigenvalue weighted by Crippen LogP contribution is -2.45. The average molecular weight is 543 g/mol. The van der Waals surface area contributed by atoms with Crippen LogP contribution in [0.4, 0.5) is 0 Å². The van der Waals surface area contributed by atoms with Gasteiger partial charge in [0.15, 0.2) is 0 Å². The molecule has 0 aliphatic rings. The van der Waals surface area contributed by atoms with Crippen LogP contribution in [0, 0.1) is 3.57 Å². The smallest absolute Gasteiger partial charge is 0.250 e. The lowest BCUT2D eigenvalue weighted by atomic mass is 10.2. The van der Waals surface area contributed by atoms with E-state index in [0.29, 0.717) is 0 Å². The Morgan fingerprint density at radius 2 is 1.12 bits per heavy atom. The van der Waals surface area contributed by atoms with E-state index in [1.165, 1.54) is 0 Å². The van der Waals surface area contributed by atoms with E-state index in [0.717, 1.165) is 19.5 Å². The third-order valence-corrected chi connectivity index (χ3v) is 16.3. The first-order valence-electron chi connectivity index (χ1n) is 8.35. The minimum Gasteiger partial charge on any atom is -0.541 e. The van der Waals surface area contributed by atoms with Crippen LogP contribution in [0.5, 0.6) is 11.5 Å². The molecule has 0 atom stereocenters. The fraction of sp³-hybridized carbons (Fsp3) is 0.667. The first-order chi connectivity index (χ1) is 10.5. The van der Waals surface area contributed by atoms with E-state index < -0.39 is 16.6 Å². The average Bonchev–Trinajstić information content (AvgIpc) is 2.31. The van der Waals surface area contributed by atoms with Crippen molar-refractivity contribution < 1.29 is 8.85 Å². The number of rotatable bonds is 4. The summed E-state index contributed by atoms with van der Waals surface area (Å²) in [4.78, 5) is 0. The zero-order chi connectivity index (χ0) is 19.1. The molecule has 1 rings (SSSR count). The quantitative estimate of drug-likeness (QED) is 0.285. The molecule has 6 heteroatoms. The molecule has 0 aromatic heterocycles. The van der Waals surface area contributed by atoms with E-state index in [4.69, 9.17) is 8.85 Å². The van der Waals surface area contributed by atoms with Crippen LogP contribution < -0.4 is 8.85 Å². The second-order valence-electron chi connectivity index (χ2n) is 9.44. The second kappa shape index (κ2) is 7.23. The Hall–Kier alpha value is 0.464. The van der Waals surface area contributed by atoms with Gasteiger partial charge in [-0.1, -0.05) is 41.5 Å². The maximum Gasteiger partial charge on any atom is 0.250 e. The third-order valence-electron chi connectivity index (χ3n) is 5.33. The van der Waals surface area contributed by atoms with Crippen LogP contribution in [0.25, 0.3) is 0 Å². The van der Waals surface area contributed by atoms with E-state index in [2.05, 4.69) is 118 Å². The molecule has 0 saturated heterocycles. The molecular weight excluding hydrogens is 511 g/mol. The standard InChI is InChI=1S/C18H32BrIO2Si2/c1-17(2,3)23(7,8)21-15-11-13(19)14(20)12-16(15)22-24(9,10)18(4,5)6/h11-12H,1-10H3. The Kier molecular flexibility index (Phi) is 6.78. The molecule has 0 radical (unpaired) electrons. The topological polar surface area (TPSA) is 18.5 Å². The van der Waals surface area contributed by atoms with Crippen molar-refractivity contribution in [1.29, 1.82) is 0 Å². The Morgan fingerprint density at radius 3 is 1.46 bits per heavy atom. The minimum absolute atomic E-state index is 0.150. The van der Waals surface area contributed by atoms with Crippen LogP contribution in [0.1, 0.15) is 41.5 Å². The van der Waals surface area contributed by atoms with Crippen molar-refractivity contribution in [2.24, 2.45) is 0 Å². The van der Waals surface area contributed by atoms with Gasteiger partial charge in [0.25, 0.3) is 16.6 Å². The van der Waals surface area contributed by atoms with E-state index in [-0.39, 0.29) is 10.1 Å². The molecule has 0 heterocycles. The van der Waals surface area contributed by atoms with Gasteiger partial charge in [0, 0.05) is 8.04 Å². The van der Waals surface area contributed by atoms with Crippen molar-refractivity contribution >= 4 is 55.2 Å². The van der Waals surface area contributed by atoms with Crippen LogP contribution in [-0.2, 0) is 0 Å². The van der Waals surface area contributed by atoms with Crippen molar-refractivity contribution in [3.8, 4) is 11.5 Å². The number of hydrogen-bond donors (Lipinski definition) is 0. The molecule has 138 valence electrons. The number of halogens is 2. The molecule has 1 aromatic rings. The molecule has 24 heavy (non-hydrogen) atoms. The normalized spacial score (nSPS) is 13.8. The molecule has 0 aliphatic carbocycles. The molecule has 0 N–H and O–H groups in total. The van der Waals surface area contributed by atoms with Crippen molar-refractivity contribution in [3.05, 3.63) is 20.2 Å². The van der Waals surface area contributed by atoms with E-state index >= 15 is 0 Å². The highest BCUT2D eigenvalue weighted by atomic mass is 127. The maximum atomic E-state index is 6.60. The number of benzene rings is 1. The van der Waals surface area contributed by atoms with Crippen molar-refractivity contribution in [2.75, 3.05) is 0 Å². The van der Waals surface area contributed by atoms with Gasteiger partial charge in [-0.05, 0) is 86.9 Å². The Labute approximate surface area is 172 Å². The summed E-state index contributed by atoms with van der Waals surface area (Å²) >= 11 is 5.98. The molecule has 2 nitrogen and oxygen atoms in total. The first-order valence-corrected chi connectivity index (χ1v) is 16.0. The largest absolute Gasteiger partial charge is 0.541 e. The van der Waals surface area contributed by atoms with Crippen molar-refractivity contribution in [2.45, 2.75) is 77.8 Å². The Morgan fingerprint density at radius 1 is 0.792 bits per heavy atom. The summed E-state index contributed by atoms with van der Waals surface area (Å²) in [6, 6.07) is 4.18. The first kappa shape index (κ1) is 22.5. The van der Waals surface area contributed by atoms with E-state index in [9.17, 15) is 0 Å². The van der Waals surface area contributed by atoms with Crippen LogP contribution >= 0.6 is 38.5 Å². The minimum atomic E-state index is -1.93. The van der Waals surface area contributed by atoms with Gasteiger partial charge < -0.3 is 8.85 Å². The highest BCUT2D eigenvalue weighted by molar-refractivity contribution is 14.1. The highest BCUT2D eigenvalue weighted by Crippen LogP contribution is 2.45. The Balaban J connectivity index is 3.34. The molecule has 1 aromatic carbocycles. The molecule has 0 fully saturated rings. The zero-order valence-electron chi connectivity index (χ0n) is 16.7. The molecule has 0 aliphatic heterocycles. The summed E-state index contributed by atoms with van der Waals surface area (Å²) < 4.78 is 15.4. The summed E-state index contributed by atoms with van der Waals surface area (Å²) in [5.41, 5.74) is 0. The molecule has 0 spiro atoms. The van der Waals surface area contributed by atoms with Gasteiger partial charge in [0.05, 0.1) is 0 Å². The lowest BCUT2D eigenvalue weighted by Gasteiger charge is -2.39. The summed E-state index contributed by atoms with van der Waals surface area (Å²) in [5, 5.41) is 0.302. The second-order valence-corrected chi connectivity index (χ2v) is 20.9. The van der Waals surface area contributed by atoms with Crippen molar-refractivity contribution in [3.63, 3.8) is 0 Å². The lowest BCUT2D eigenvalue weighted by molar-refractivity contribution is 0.440. The van der Waals surface area contributed by atoms with Gasteiger partial charge in [-0.15, -0.1) is 0 Å². The monoisotopic (exact) mass is 542 g/mol. The van der Waals surface area contributed by atoms with Crippen molar-refractivity contribution in [1.82, 2.24) is 0 Å². The Bertz CT molecular complexity index is 549. The van der Waals surface area contributed by atoms with Gasteiger partial charge in [-0.3, -0.25) is 0 Å². The van der Waals surface area contributed by atoms with Crippen LogP contribution in [-0.4, -0.2) is 16.6 Å². The molecule has 0 bridgehead atoms. The summed E-state index contributed by atoms with van der Waals surface area (Å²) in [6.07, 6.45) is 0. The highest BCUT2D eigenvalue weighted by Gasteiger charge is 2.42. The summed E-state index contributed by atoms with van der Waals surface area (Å²) in [5.74, 6) is 1.76. The molecular formula is C18H32BrIO2Si2. The summed E-state index contributed by atoms with van der Waals surface area (Å²) in [6.45, 7) is 22.7. The van der Waals surface area contributed by atoms with Gasteiger partial charge in [-0.2, -0.15) is 0 Å². The van der Waals surface area contributed by atoms with Gasteiger partial charge >= 0.3 is 0 Å². The number of hydrogen-bond acceptors (Lipinski definition) is 2. The SMILES string of the molecule is CC(C)(C)[Si](C)(C)Oc1cc(Br)c(I)cc1O[Si](C)(C)C(C)(C)C. The van der Waals surface area contributed by atoms with E-state index in [1.54, 1.807) is 0 Å². The maximum absolute atomic E-state index is 6.60. The van der Waals surface area contributed by atoms with E-state index in [1.807, 2.05) is 0 Å². The fourth-order valence-corrected chi connectivity index (χ4v) is 4.32.